The summed E-state index contributed by atoms with van der Waals surface area (Å²) in [4.78, 5) is 2.55. The number of nitrogens with zero attached hydrogens (tertiary/aromatic N) is 2. The van der Waals surface area contributed by atoms with Crippen molar-refractivity contribution in [2.75, 3.05) is 0 Å². The maximum absolute atomic E-state index is 12.4. The quantitative estimate of drug-likeness (QED) is 0.329. The van der Waals surface area contributed by atoms with Crippen molar-refractivity contribution in [3.8, 4) is 0 Å². The molecule has 6 nitrogen and oxygen atoms in total. The van der Waals surface area contributed by atoms with E-state index in [-0.39, 0.29) is 0 Å². The van der Waals surface area contributed by atoms with Crippen LogP contribution in [-0.2, 0) is 31.2 Å². The number of hydrogen-bond donors (Lipinski definition) is 0. The summed E-state index contributed by atoms with van der Waals surface area (Å²) in [5.41, 5.74) is 9.65. The lowest BCUT2D eigenvalue weighted by Gasteiger charge is -2.03. The van der Waals surface area contributed by atoms with Crippen molar-refractivity contribution in [2.45, 2.75) is 11.5 Å². The van der Waals surface area contributed by atoms with Crippen molar-refractivity contribution < 1.29 is 21.6 Å². The Bertz CT molecular complexity index is 946. The van der Waals surface area contributed by atoms with Crippen molar-refractivity contribution in [1.82, 2.24) is 0 Å². The van der Waals surface area contributed by atoms with Gasteiger partial charge in [0.25, 0.3) is 19.7 Å². The molecule has 0 spiro atoms. The van der Waals surface area contributed by atoms with E-state index in [1.54, 1.807) is 0 Å². The number of benzene rings is 2. The second kappa shape index (κ2) is 7.68. The highest BCUT2D eigenvalue weighted by Gasteiger charge is 2.41. The summed E-state index contributed by atoms with van der Waals surface area (Å²) in [5, 5.41) is 0.820. The molecule has 0 bridgehead atoms. The molecule has 132 valence electrons. The minimum atomic E-state index is -4.38. The molecule has 0 aliphatic heterocycles. The first-order valence-corrected chi connectivity index (χ1v) is 10.9. The molecule has 0 aliphatic rings. The highest BCUT2D eigenvalue weighted by Crippen LogP contribution is 2.17. The third kappa shape index (κ3) is 5.14. The van der Waals surface area contributed by atoms with Crippen LogP contribution in [-0.4, -0.2) is 26.0 Å². The summed E-state index contributed by atoms with van der Waals surface area (Å²) in [6.45, 7) is 0. The third-order valence-electron chi connectivity index (χ3n) is 3.15. The fraction of sp³-hybridized carbons (Fsp3) is 0.133. The van der Waals surface area contributed by atoms with Crippen LogP contribution in [0.15, 0.2) is 48.5 Å². The van der Waals surface area contributed by atoms with Gasteiger partial charge < -0.3 is 5.53 Å². The minimum Gasteiger partial charge on any atom is -0.359 e. The zero-order chi connectivity index (χ0) is 18.7. The molecule has 2 aromatic carbocycles. The van der Waals surface area contributed by atoms with Gasteiger partial charge in [-0.1, -0.05) is 47.5 Å². The molecule has 0 aromatic heterocycles. The van der Waals surface area contributed by atoms with Gasteiger partial charge in [-0.25, -0.2) is 16.8 Å². The molecule has 0 aliphatic carbocycles. The molecular formula is C15H12Cl2N2O4S2. The van der Waals surface area contributed by atoms with E-state index in [0.29, 0.717) is 21.2 Å². The lowest BCUT2D eigenvalue weighted by molar-refractivity contribution is 0.00377. The summed E-state index contributed by atoms with van der Waals surface area (Å²) in [6, 6.07) is 11.7. The first-order chi connectivity index (χ1) is 11.6. The van der Waals surface area contributed by atoms with E-state index >= 15 is 0 Å². The van der Waals surface area contributed by atoms with Gasteiger partial charge in [-0.05, 0) is 35.4 Å². The molecule has 0 amide bonds. The largest absolute Gasteiger partial charge is 0.495 e. The Hall–Kier alpha value is -1.70. The second-order valence-electron chi connectivity index (χ2n) is 5.14. The van der Waals surface area contributed by atoms with Crippen molar-refractivity contribution in [3.05, 3.63) is 75.2 Å². The number of halogens is 2. The Kier molecular flexibility index (Phi) is 6.03. The summed E-state index contributed by atoms with van der Waals surface area (Å²) in [6.07, 6.45) is 0. The summed E-state index contributed by atoms with van der Waals surface area (Å²) in [5.74, 6) is -1.27. The van der Waals surface area contributed by atoms with Gasteiger partial charge >= 0.3 is 4.38 Å². The minimum absolute atomic E-state index is 0.312. The van der Waals surface area contributed by atoms with Crippen LogP contribution in [0.2, 0.25) is 10.0 Å². The van der Waals surface area contributed by atoms with Crippen LogP contribution in [0.3, 0.4) is 0 Å². The standard InChI is InChI=1S/C15H12Cl2N2O4S2/c16-13-5-1-11(2-6-13)9-24(20,21)15(19-18)25(22,23)10-12-3-7-14(17)8-4-12/h1-8H,9-10H2. The van der Waals surface area contributed by atoms with Crippen LogP contribution >= 0.6 is 23.2 Å². The maximum atomic E-state index is 12.4. The smallest absolute Gasteiger partial charge is 0.359 e. The van der Waals surface area contributed by atoms with Crippen molar-refractivity contribution in [2.24, 2.45) is 0 Å². The molecule has 0 unspecified atom stereocenters. The van der Waals surface area contributed by atoms with Gasteiger partial charge in [0.1, 0.15) is 0 Å². The Balaban J connectivity index is 2.31. The average Bonchev–Trinajstić information content (AvgIpc) is 2.51. The normalized spacial score (nSPS) is 11.8. The molecular weight excluding hydrogens is 407 g/mol. The van der Waals surface area contributed by atoms with Gasteiger partial charge in [-0.15, -0.1) is 4.79 Å². The van der Waals surface area contributed by atoms with Crippen LogP contribution in [0.5, 0.6) is 0 Å². The van der Waals surface area contributed by atoms with Crippen molar-refractivity contribution >= 4 is 47.3 Å². The van der Waals surface area contributed by atoms with Crippen molar-refractivity contribution in [3.63, 3.8) is 0 Å². The number of sulfone groups is 2. The SMILES string of the molecule is [N-]=[N+]=C(S(=O)(=O)Cc1ccc(Cl)cc1)S(=O)(=O)Cc1ccc(Cl)cc1. The monoisotopic (exact) mass is 418 g/mol. The van der Waals surface area contributed by atoms with Gasteiger partial charge in [0.15, 0.2) is 0 Å². The zero-order valence-electron chi connectivity index (χ0n) is 12.6. The van der Waals surface area contributed by atoms with E-state index in [4.69, 9.17) is 28.7 Å². The van der Waals surface area contributed by atoms with Crippen LogP contribution in [0.4, 0.5) is 0 Å². The van der Waals surface area contributed by atoms with Crippen molar-refractivity contribution in [1.29, 1.82) is 0 Å². The topological polar surface area (TPSA) is 105 Å². The lowest BCUT2D eigenvalue weighted by atomic mass is 10.2. The molecule has 10 heteroatoms. The highest BCUT2D eigenvalue weighted by atomic mass is 35.5. The number of rotatable bonds is 4. The Labute approximate surface area is 155 Å². The predicted octanol–water partition coefficient (Wildman–Crippen LogP) is 3.11. The molecule has 0 atom stereocenters. The molecule has 0 saturated heterocycles. The van der Waals surface area contributed by atoms with E-state index < -0.39 is 35.6 Å². The van der Waals surface area contributed by atoms with Gasteiger partial charge in [0, 0.05) is 10.0 Å². The van der Waals surface area contributed by atoms with Gasteiger partial charge in [0.05, 0.1) is 11.5 Å². The summed E-state index contributed by atoms with van der Waals surface area (Å²) in [7, 11) is -8.76. The molecule has 0 radical (unpaired) electrons. The van der Waals surface area contributed by atoms with Crippen LogP contribution in [0, 0.1) is 0 Å². The van der Waals surface area contributed by atoms with E-state index in [9.17, 15) is 16.8 Å². The lowest BCUT2D eigenvalue weighted by Crippen LogP contribution is -2.28. The first kappa shape index (κ1) is 19.6. The Morgan fingerprint density at radius 3 is 1.36 bits per heavy atom. The molecule has 25 heavy (non-hydrogen) atoms. The second-order valence-corrected chi connectivity index (χ2v) is 10.1. The number of hydrogen-bond acceptors (Lipinski definition) is 4. The molecule has 0 heterocycles. The van der Waals surface area contributed by atoms with Crippen LogP contribution < -0.4 is 0 Å². The third-order valence-corrected chi connectivity index (χ3v) is 7.84. The predicted molar refractivity (Wildman–Crippen MR) is 96.8 cm³/mol. The van der Waals surface area contributed by atoms with E-state index in [0.717, 1.165) is 0 Å². The zero-order valence-corrected chi connectivity index (χ0v) is 15.8. The van der Waals surface area contributed by atoms with E-state index in [1.165, 1.54) is 48.5 Å². The molecule has 2 aromatic rings. The Morgan fingerprint density at radius 1 is 0.760 bits per heavy atom. The molecule has 0 saturated carbocycles. The fourth-order valence-electron chi connectivity index (χ4n) is 2.04. The van der Waals surface area contributed by atoms with Crippen LogP contribution in [0.1, 0.15) is 11.1 Å². The van der Waals surface area contributed by atoms with E-state index in [1.807, 2.05) is 0 Å². The fourth-order valence-corrected chi connectivity index (χ4v) is 5.95. The molecule has 2 rings (SSSR count). The summed E-state index contributed by atoms with van der Waals surface area (Å²) >= 11 is 11.5. The highest BCUT2D eigenvalue weighted by molar-refractivity contribution is 8.30. The van der Waals surface area contributed by atoms with Gasteiger partial charge in [-0.3, -0.25) is 0 Å². The first-order valence-electron chi connectivity index (χ1n) is 6.80. The van der Waals surface area contributed by atoms with E-state index in [2.05, 4.69) is 4.79 Å². The van der Waals surface area contributed by atoms with Crippen LogP contribution in [0.25, 0.3) is 5.53 Å². The van der Waals surface area contributed by atoms with Gasteiger partial charge in [0.2, 0.25) is 0 Å². The maximum Gasteiger partial charge on any atom is 0.495 e. The molecule has 0 N–H and O–H groups in total. The Morgan fingerprint density at radius 2 is 1.08 bits per heavy atom. The molecule has 0 fully saturated rings. The van der Waals surface area contributed by atoms with Gasteiger partial charge in [-0.2, -0.15) is 0 Å². The summed E-state index contributed by atoms with van der Waals surface area (Å²) < 4.78 is 48.3. The average molecular weight is 419 g/mol.